The summed E-state index contributed by atoms with van der Waals surface area (Å²) in [6, 6.07) is 0. The predicted molar refractivity (Wildman–Crippen MR) is 124 cm³/mol. The summed E-state index contributed by atoms with van der Waals surface area (Å²) in [4.78, 5) is 0. The molecular weight excluding hydrogens is 328 g/mol. The van der Waals surface area contributed by atoms with Gasteiger partial charge in [-0.1, -0.05) is 103 Å². The molecule has 0 aromatic carbocycles. The first-order valence-electron chi connectivity index (χ1n) is 12.5. The minimum absolute atomic E-state index is 0.808. The maximum Gasteiger partial charge on any atom is -0.00369 e. The monoisotopic (exact) mass is 380 g/mol. The van der Waals surface area contributed by atoms with Crippen LogP contribution in [0.1, 0.15) is 129 Å². The van der Waals surface area contributed by atoms with E-state index in [0.717, 1.165) is 19.5 Å². The van der Waals surface area contributed by atoms with Crippen LogP contribution in [-0.4, -0.2) is 19.6 Å². The molecule has 0 aliphatic rings. The van der Waals surface area contributed by atoms with Crippen LogP contribution in [0.2, 0.25) is 0 Å². The van der Waals surface area contributed by atoms with E-state index in [1.807, 2.05) is 0 Å². The molecule has 0 rings (SSSR count). The van der Waals surface area contributed by atoms with Crippen LogP contribution in [-0.2, 0) is 0 Å². The van der Waals surface area contributed by atoms with Gasteiger partial charge in [0.05, 0.1) is 0 Å². The molecule has 2 nitrogen and oxygen atoms in total. The zero-order chi connectivity index (χ0) is 19.7. The van der Waals surface area contributed by atoms with Crippen LogP contribution in [0.5, 0.6) is 0 Å². The van der Waals surface area contributed by atoms with E-state index in [4.69, 9.17) is 5.73 Å². The average Bonchev–Trinajstić information content (AvgIpc) is 2.68. The Morgan fingerprint density at radius 3 is 1.41 bits per heavy atom. The summed E-state index contributed by atoms with van der Waals surface area (Å²) in [7, 11) is 0. The van der Waals surface area contributed by atoms with Crippen molar-refractivity contribution in [2.24, 2.45) is 5.73 Å². The molecule has 2 heteroatoms. The number of hydrogen-bond donors (Lipinski definition) is 2. The fraction of sp³-hybridized carbons (Fsp3) is 0.920. The molecule has 0 amide bonds. The lowest BCUT2D eigenvalue weighted by molar-refractivity contribution is 0.539. The Morgan fingerprint density at radius 2 is 0.926 bits per heavy atom. The molecule has 0 aromatic rings. The summed E-state index contributed by atoms with van der Waals surface area (Å²) in [5.74, 6) is 0. The Morgan fingerprint density at radius 1 is 0.519 bits per heavy atom. The van der Waals surface area contributed by atoms with E-state index >= 15 is 0 Å². The van der Waals surface area contributed by atoms with E-state index in [0.29, 0.717) is 0 Å². The number of nitrogens with two attached hydrogens (primary N) is 1. The predicted octanol–water partition coefficient (Wildman–Crippen LogP) is 7.52. The Hall–Kier alpha value is -0.340. The molecule has 0 saturated carbocycles. The van der Waals surface area contributed by atoms with Crippen molar-refractivity contribution in [3.8, 4) is 0 Å². The second-order valence-corrected chi connectivity index (χ2v) is 8.24. The molecule has 0 fully saturated rings. The summed E-state index contributed by atoms with van der Waals surface area (Å²) in [5, 5.41) is 3.46. The van der Waals surface area contributed by atoms with Gasteiger partial charge in [-0.05, 0) is 58.2 Å². The van der Waals surface area contributed by atoms with Crippen molar-refractivity contribution in [2.75, 3.05) is 19.6 Å². The lowest BCUT2D eigenvalue weighted by Gasteiger charge is -2.04. The third kappa shape index (κ3) is 25.7. The van der Waals surface area contributed by atoms with Crippen LogP contribution in [0.15, 0.2) is 12.2 Å². The largest absolute Gasteiger partial charge is 0.330 e. The second kappa shape index (κ2) is 25.7. The van der Waals surface area contributed by atoms with Gasteiger partial charge in [0, 0.05) is 0 Å². The van der Waals surface area contributed by atoms with Gasteiger partial charge in [0.2, 0.25) is 0 Å². The van der Waals surface area contributed by atoms with Crippen molar-refractivity contribution in [3.63, 3.8) is 0 Å². The van der Waals surface area contributed by atoms with Crippen LogP contribution >= 0.6 is 0 Å². The van der Waals surface area contributed by atoms with Gasteiger partial charge in [-0.25, -0.2) is 0 Å². The van der Waals surface area contributed by atoms with Gasteiger partial charge < -0.3 is 11.1 Å². The van der Waals surface area contributed by atoms with Crippen LogP contribution < -0.4 is 11.1 Å². The first-order valence-corrected chi connectivity index (χ1v) is 12.5. The van der Waals surface area contributed by atoms with Crippen LogP contribution in [0.4, 0.5) is 0 Å². The first-order chi connectivity index (χ1) is 13.4. The molecule has 0 radical (unpaired) electrons. The van der Waals surface area contributed by atoms with Gasteiger partial charge in [0.25, 0.3) is 0 Å². The molecule has 0 aliphatic heterocycles. The molecule has 0 spiro atoms. The molecule has 0 aliphatic carbocycles. The number of allylic oxidation sites excluding steroid dienone is 2. The van der Waals surface area contributed by atoms with E-state index in [1.54, 1.807) is 0 Å². The lowest BCUT2D eigenvalue weighted by Crippen LogP contribution is -2.19. The topological polar surface area (TPSA) is 38.0 Å². The molecule has 0 aromatic heterocycles. The third-order valence-electron chi connectivity index (χ3n) is 5.42. The lowest BCUT2D eigenvalue weighted by atomic mass is 10.1. The molecule has 27 heavy (non-hydrogen) atoms. The second-order valence-electron chi connectivity index (χ2n) is 8.24. The highest BCUT2D eigenvalue weighted by Gasteiger charge is 1.94. The standard InChI is InChI=1S/C25H52N2/c1-2-3-4-5-6-7-8-9-10-11-12-13-14-15-16-17-18-19-20-21-24-27-25-22-23-26/h9-10,27H,2-8,11-26H2,1H3/b10-9-. The van der Waals surface area contributed by atoms with E-state index in [2.05, 4.69) is 24.4 Å². The zero-order valence-electron chi connectivity index (χ0n) is 18.8. The van der Waals surface area contributed by atoms with E-state index in [1.165, 1.54) is 122 Å². The number of unbranched alkanes of at least 4 members (excludes halogenated alkanes) is 16. The Labute approximate surface area is 172 Å². The number of hydrogen-bond acceptors (Lipinski definition) is 2. The summed E-state index contributed by atoms with van der Waals surface area (Å²) >= 11 is 0. The van der Waals surface area contributed by atoms with Crippen LogP contribution in [0.25, 0.3) is 0 Å². The minimum atomic E-state index is 0.808. The SMILES string of the molecule is CCCCCCCC/C=C\CCCCCCCCCCCCNCCCN. The molecular formula is C25H52N2. The first kappa shape index (κ1) is 26.7. The Bertz CT molecular complexity index is 275. The van der Waals surface area contributed by atoms with Crippen molar-refractivity contribution in [2.45, 2.75) is 129 Å². The minimum Gasteiger partial charge on any atom is -0.330 e. The van der Waals surface area contributed by atoms with E-state index < -0.39 is 0 Å². The van der Waals surface area contributed by atoms with Gasteiger partial charge in [0.1, 0.15) is 0 Å². The fourth-order valence-electron chi connectivity index (χ4n) is 3.56. The number of nitrogens with one attached hydrogen (secondary N) is 1. The van der Waals surface area contributed by atoms with Crippen molar-refractivity contribution in [1.82, 2.24) is 5.32 Å². The van der Waals surface area contributed by atoms with Gasteiger partial charge in [-0.3, -0.25) is 0 Å². The highest BCUT2D eigenvalue weighted by atomic mass is 14.8. The van der Waals surface area contributed by atoms with Crippen molar-refractivity contribution < 1.29 is 0 Å². The summed E-state index contributed by atoms with van der Waals surface area (Å²) in [6.07, 6.45) is 31.2. The van der Waals surface area contributed by atoms with Gasteiger partial charge >= 0.3 is 0 Å². The summed E-state index contributed by atoms with van der Waals surface area (Å²) in [5.41, 5.74) is 5.48. The Balaban J connectivity index is 3.03. The van der Waals surface area contributed by atoms with Crippen molar-refractivity contribution in [3.05, 3.63) is 12.2 Å². The molecule has 0 atom stereocenters. The molecule has 3 N–H and O–H groups in total. The van der Waals surface area contributed by atoms with Crippen LogP contribution in [0.3, 0.4) is 0 Å². The van der Waals surface area contributed by atoms with Gasteiger partial charge in [-0.15, -0.1) is 0 Å². The summed E-state index contributed by atoms with van der Waals surface area (Å²) < 4.78 is 0. The maximum atomic E-state index is 5.48. The van der Waals surface area contributed by atoms with Crippen molar-refractivity contribution >= 4 is 0 Å². The Kier molecular flexibility index (Phi) is 25.3. The van der Waals surface area contributed by atoms with Gasteiger partial charge in [-0.2, -0.15) is 0 Å². The molecule has 0 saturated heterocycles. The molecule has 162 valence electrons. The molecule has 0 unspecified atom stereocenters. The van der Waals surface area contributed by atoms with E-state index in [-0.39, 0.29) is 0 Å². The maximum absolute atomic E-state index is 5.48. The number of rotatable bonds is 23. The van der Waals surface area contributed by atoms with Crippen molar-refractivity contribution in [1.29, 1.82) is 0 Å². The third-order valence-corrected chi connectivity index (χ3v) is 5.42. The van der Waals surface area contributed by atoms with E-state index in [9.17, 15) is 0 Å². The molecule has 0 bridgehead atoms. The fourth-order valence-corrected chi connectivity index (χ4v) is 3.56. The quantitative estimate of drug-likeness (QED) is 0.142. The highest BCUT2D eigenvalue weighted by Crippen LogP contribution is 2.12. The molecule has 0 heterocycles. The smallest absolute Gasteiger partial charge is 0.00369 e. The normalized spacial score (nSPS) is 11.6. The van der Waals surface area contributed by atoms with Gasteiger partial charge in [0.15, 0.2) is 0 Å². The highest BCUT2D eigenvalue weighted by molar-refractivity contribution is 4.81. The summed E-state index contributed by atoms with van der Waals surface area (Å²) in [6.45, 7) is 5.36. The van der Waals surface area contributed by atoms with Crippen LogP contribution in [0, 0.1) is 0 Å². The zero-order valence-corrected chi connectivity index (χ0v) is 18.8. The average molecular weight is 381 g/mol.